The highest BCUT2D eigenvalue weighted by Crippen LogP contribution is 2.35. The highest BCUT2D eigenvalue weighted by Gasteiger charge is 2.24. The number of hydrogen-bond acceptors (Lipinski definition) is 4. The lowest BCUT2D eigenvalue weighted by atomic mass is 9.98. The number of rotatable bonds is 3. The molecule has 24 heavy (non-hydrogen) atoms. The van der Waals surface area contributed by atoms with Crippen LogP contribution in [0.3, 0.4) is 0 Å². The van der Waals surface area contributed by atoms with Crippen LogP contribution in [0.5, 0.6) is 5.75 Å². The molecule has 0 atom stereocenters. The Kier molecular flexibility index (Phi) is 4.84. The van der Waals surface area contributed by atoms with E-state index in [9.17, 15) is 19.1 Å². The largest absolute Gasteiger partial charge is 0.506 e. The van der Waals surface area contributed by atoms with Gasteiger partial charge in [0.2, 0.25) is 0 Å². The van der Waals surface area contributed by atoms with Gasteiger partial charge in [-0.1, -0.05) is 6.92 Å². The van der Waals surface area contributed by atoms with Gasteiger partial charge in [-0.25, -0.2) is 9.18 Å². The van der Waals surface area contributed by atoms with E-state index in [0.717, 1.165) is 12.0 Å². The maximum atomic E-state index is 14.4. The van der Waals surface area contributed by atoms with Gasteiger partial charge in [0.05, 0.1) is 5.69 Å². The maximum Gasteiger partial charge on any atom is 0.345 e. The van der Waals surface area contributed by atoms with E-state index in [1.54, 1.807) is 13.0 Å². The van der Waals surface area contributed by atoms with Gasteiger partial charge in [-0.05, 0) is 30.5 Å². The highest BCUT2D eigenvalue weighted by molar-refractivity contribution is 5.92. The Morgan fingerprint density at radius 3 is 2.71 bits per heavy atom. The van der Waals surface area contributed by atoms with Crippen molar-refractivity contribution in [2.45, 2.75) is 19.8 Å². The second kappa shape index (κ2) is 6.52. The molecule has 128 valence electrons. The van der Waals surface area contributed by atoms with Gasteiger partial charge in [0.15, 0.2) is 5.56 Å². The molecule has 2 aromatic rings. The molecule has 6 nitrogen and oxygen atoms in total. The minimum absolute atomic E-state index is 0. The van der Waals surface area contributed by atoms with Crippen molar-refractivity contribution in [1.82, 2.24) is 4.98 Å². The minimum Gasteiger partial charge on any atom is -0.506 e. The molecular formula is C16H16ClFN2O4. The molecule has 0 fully saturated rings. The van der Waals surface area contributed by atoms with Crippen LogP contribution in [0.15, 0.2) is 16.9 Å². The van der Waals surface area contributed by atoms with Crippen LogP contribution in [0.2, 0.25) is 0 Å². The van der Waals surface area contributed by atoms with Gasteiger partial charge in [-0.15, -0.1) is 12.4 Å². The number of pyridine rings is 1. The van der Waals surface area contributed by atoms with E-state index in [-0.39, 0.29) is 35.6 Å². The molecule has 0 spiro atoms. The number of H-pyrrole nitrogens is 1. The molecule has 4 N–H and O–H groups in total. The van der Waals surface area contributed by atoms with Gasteiger partial charge < -0.3 is 20.5 Å². The summed E-state index contributed by atoms with van der Waals surface area (Å²) in [6, 6.07) is 2.96. The molecule has 0 bridgehead atoms. The zero-order valence-corrected chi connectivity index (χ0v) is 13.6. The van der Waals surface area contributed by atoms with E-state index < -0.39 is 28.7 Å². The van der Waals surface area contributed by atoms with Crippen molar-refractivity contribution in [2.75, 3.05) is 11.9 Å². The molecule has 0 amide bonds. The first-order valence-electron chi connectivity index (χ1n) is 7.22. The number of nitrogens with one attached hydrogen (secondary N) is 2. The highest BCUT2D eigenvalue weighted by atomic mass is 35.5. The first kappa shape index (κ1) is 17.8. The van der Waals surface area contributed by atoms with Crippen LogP contribution in [0, 0.1) is 5.82 Å². The van der Waals surface area contributed by atoms with E-state index in [4.69, 9.17) is 5.11 Å². The lowest BCUT2D eigenvalue weighted by molar-refractivity contribution is 0.0691. The normalized spacial score (nSPS) is 12.2. The van der Waals surface area contributed by atoms with Gasteiger partial charge in [0.1, 0.15) is 11.6 Å². The molecule has 2 heterocycles. The second-order valence-corrected chi connectivity index (χ2v) is 5.36. The number of aromatic hydroxyl groups is 1. The first-order valence-corrected chi connectivity index (χ1v) is 7.22. The minimum atomic E-state index is -1.52. The lowest BCUT2D eigenvalue weighted by Crippen LogP contribution is -2.20. The fourth-order valence-electron chi connectivity index (χ4n) is 2.91. The Bertz CT molecular complexity index is 879. The first-order chi connectivity index (χ1) is 10.9. The Morgan fingerprint density at radius 2 is 2.08 bits per heavy atom. The number of anilines is 1. The summed E-state index contributed by atoms with van der Waals surface area (Å²) in [5.41, 5.74) is 0.394. The van der Waals surface area contributed by atoms with Crippen LogP contribution in [-0.4, -0.2) is 27.7 Å². The molecule has 1 aliphatic heterocycles. The maximum absolute atomic E-state index is 14.4. The summed E-state index contributed by atoms with van der Waals surface area (Å²) in [5.74, 6) is -2.69. The molecule has 0 saturated carbocycles. The predicted octanol–water partition coefficient (Wildman–Crippen LogP) is 2.54. The van der Waals surface area contributed by atoms with Crippen molar-refractivity contribution in [3.63, 3.8) is 0 Å². The summed E-state index contributed by atoms with van der Waals surface area (Å²) in [6.07, 6.45) is 0.973. The third-order valence-corrected chi connectivity index (χ3v) is 4.03. The average molecular weight is 355 g/mol. The fourth-order valence-corrected chi connectivity index (χ4v) is 2.91. The van der Waals surface area contributed by atoms with E-state index in [0.29, 0.717) is 12.2 Å². The van der Waals surface area contributed by atoms with Crippen molar-refractivity contribution >= 4 is 24.1 Å². The SMILES string of the molecule is CCc1c(-c2cc3c(cc2F)NCC3)[nH]c(=O)c(C(=O)O)c1O.Cl. The Balaban J connectivity index is 0.00000208. The lowest BCUT2D eigenvalue weighted by Gasteiger charge is -2.13. The standard InChI is InChI=1S/C16H15FN2O4.ClH/c1-2-8-13(19-15(21)12(14(8)20)16(22)23)9-5-7-3-4-18-11(7)6-10(9)17;/h5-6,18H,2-4H2,1H3,(H,22,23)(H2,19,20,21);1H. The Morgan fingerprint density at radius 1 is 1.38 bits per heavy atom. The van der Waals surface area contributed by atoms with Crippen LogP contribution in [-0.2, 0) is 12.8 Å². The summed E-state index contributed by atoms with van der Waals surface area (Å²) in [6.45, 7) is 2.40. The summed E-state index contributed by atoms with van der Waals surface area (Å²) >= 11 is 0. The molecule has 1 aliphatic rings. The summed E-state index contributed by atoms with van der Waals surface area (Å²) in [5, 5.41) is 22.2. The van der Waals surface area contributed by atoms with Gasteiger partial charge in [-0.3, -0.25) is 4.79 Å². The number of halogens is 2. The van der Waals surface area contributed by atoms with E-state index in [2.05, 4.69) is 10.3 Å². The number of carbonyl (C=O) groups is 1. The van der Waals surface area contributed by atoms with Gasteiger partial charge in [-0.2, -0.15) is 0 Å². The smallest absolute Gasteiger partial charge is 0.345 e. The monoisotopic (exact) mass is 354 g/mol. The molecule has 0 aliphatic carbocycles. The number of hydrogen-bond donors (Lipinski definition) is 4. The van der Waals surface area contributed by atoms with Crippen LogP contribution >= 0.6 is 12.4 Å². The van der Waals surface area contributed by atoms with Crippen LogP contribution in [0.25, 0.3) is 11.3 Å². The molecule has 8 heteroatoms. The van der Waals surface area contributed by atoms with Crippen LogP contribution in [0.4, 0.5) is 10.1 Å². The van der Waals surface area contributed by atoms with Gasteiger partial charge in [0, 0.05) is 23.4 Å². The van der Waals surface area contributed by atoms with Crippen LogP contribution < -0.4 is 10.9 Å². The van der Waals surface area contributed by atoms with E-state index in [1.807, 2.05) is 0 Å². The zero-order chi connectivity index (χ0) is 16.7. The topological polar surface area (TPSA) is 102 Å². The molecule has 1 aromatic carbocycles. The van der Waals surface area contributed by atoms with E-state index in [1.165, 1.54) is 6.07 Å². The third-order valence-electron chi connectivity index (χ3n) is 4.03. The average Bonchev–Trinajstić information content (AvgIpc) is 2.92. The summed E-state index contributed by atoms with van der Waals surface area (Å²) in [7, 11) is 0. The summed E-state index contributed by atoms with van der Waals surface area (Å²) < 4.78 is 14.4. The molecular weight excluding hydrogens is 339 g/mol. The predicted molar refractivity (Wildman–Crippen MR) is 89.9 cm³/mol. The molecule has 3 rings (SSSR count). The second-order valence-electron chi connectivity index (χ2n) is 5.36. The summed E-state index contributed by atoms with van der Waals surface area (Å²) in [4.78, 5) is 25.5. The third kappa shape index (κ3) is 2.71. The molecule has 1 aromatic heterocycles. The Labute approximate surface area is 142 Å². The number of carboxylic acid groups (broad SMARTS) is 1. The number of aromatic carboxylic acids is 1. The number of aromatic amines is 1. The van der Waals surface area contributed by atoms with Crippen LogP contribution in [0.1, 0.15) is 28.4 Å². The van der Waals surface area contributed by atoms with E-state index >= 15 is 0 Å². The number of benzene rings is 1. The van der Waals surface area contributed by atoms with Crippen molar-refractivity contribution < 1.29 is 19.4 Å². The molecule has 0 saturated heterocycles. The fraction of sp³-hybridized carbons (Fsp3) is 0.250. The number of fused-ring (bicyclic) bond motifs is 1. The number of aromatic nitrogens is 1. The van der Waals surface area contributed by atoms with Gasteiger partial charge in [0.25, 0.3) is 5.56 Å². The molecule has 0 radical (unpaired) electrons. The molecule has 0 unspecified atom stereocenters. The van der Waals surface area contributed by atoms with Gasteiger partial charge >= 0.3 is 5.97 Å². The number of carboxylic acids is 1. The quantitative estimate of drug-likeness (QED) is 0.678. The zero-order valence-electron chi connectivity index (χ0n) is 12.8. The van der Waals surface area contributed by atoms with Crippen molar-refractivity contribution in [3.05, 3.63) is 45.0 Å². The van der Waals surface area contributed by atoms with Crippen molar-refractivity contribution in [2.24, 2.45) is 0 Å². The van der Waals surface area contributed by atoms with Crippen molar-refractivity contribution in [1.29, 1.82) is 0 Å². The van der Waals surface area contributed by atoms with Crippen molar-refractivity contribution in [3.8, 4) is 17.0 Å². The Hall–Kier alpha value is -2.54.